The smallest absolute Gasteiger partial charge is 0.398 e. The lowest BCUT2D eigenvalue weighted by Gasteiger charge is -2.21. The maximum atomic E-state index is 12.6. The molecule has 0 aliphatic rings. The van der Waals surface area contributed by atoms with Gasteiger partial charge in [-0.15, -0.1) is 0 Å². The summed E-state index contributed by atoms with van der Waals surface area (Å²) >= 11 is 0. The van der Waals surface area contributed by atoms with Gasteiger partial charge in [0.25, 0.3) is 0 Å². The van der Waals surface area contributed by atoms with Crippen molar-refractivity contribution in [1.29, 1.82) is 0 Å². The SMILES string of the molecule is CCCCN(C)c1ccc(N)c(C(F)(F)F)c1. The van der Waals surface area contributed by atoms with Crippen molar-refractivity contribution in [2.24, 2.45) is 0 Å². The summed E-state index contributed by atoms with van der Waals surface area (Å²) in [6.07, 6.45) is -2.45. The largest absolute Gasteiger partial charge is 0.418 e. The van der Waals surface area contributed by atoms with Crippen LogP contribution < -0.4 is 10.6 Å². The van der Waals surface area contributed by atoms with Crippen molar-refractivity contribution >= 4 is 11.4 Å². The van der Waals surface area contributed by atoms with Gasteiger partial charge in [0.15, 0.2) is 0 Å². The number of nitrogen functional groups attached to an aromatic ring is 1. The molecule has 0 saturated carbocycles. The maximum absolute atomic E-state index is 12.6. The molecule has 1 aromatic rings. The molecule has 1 aromatic carbocycles. The summed E-state index contributed by atoms with van der Waals surface area (Å²) in [4.78, 5) is 1.80. The second-order valence-electron chi connectivity index (χ2n) is 4.04. The van der Waals surface area contributed by atoms with Crippen LogP contribution in [0.1, 0.15) is 25.3 Å². The van der Waals surface area contributed by atoms with E-state index < -0.39 is 11.7 Å². The first kappa shape index (κ1) is 13.7. The molecule has 0 bridgehead atoms. The number of nitrogens with two attached hydrogens (primary N) is 1. The van der Waals surface area contributed by atoms with Gasteiger partial charge in [0, 0.05) is 25.0 Å². The zero-order chi connectivity index (χ0) is 13.1. The summed E-state index contributed by atoms with van der Waals surface area (Å²) < 4.78 is 37.9. The van der Waals surface area contributed by atoms with Crippen LogP contribution in [0.2, 0.25) is 0 Å². The topological polar surface area (TPSA) is 29.3 Å². The number of nitrogens with zero attached hydrogens (tertiary/aromatic N) is 1. The van der Waals surface area contributed by atoms with E-state index in [0.717, 1.165) is 25.5 Å². The summed E-state index contributed by atoms with van der Waals surface area (Å²) in [5.41, 5.74) is 4.88. The molecular weight excluding hydrogens is 229 g/mol. The van der Waals surface area contributed by atoms with Crippen LogP contribution >= 0.6 is 0 Å². The average Bonchev–Trinajstić information content (AvgIpc) is 2.25. The number of anilines is 2. The normalized spacial score (nSPS) is 11.6. The highest BCUT2D eigenvalue weighted by Crippen LogP contribution is 2.35. The first-order valence-corrected chi connectivity index (χ1v) is 5.54. The molecule has 2 N–H and O–H groups in total. The minimum absolute atomic E-state index is 0.231. The summed E-state index contributed by atoms with van der Waals surface area (Å²) in [5.74, 6) is 0. The molecule has 0 fully saturated rings. The number of unbranched alkanes of at least 4 members (excludes halogenated alkanes) is 1. The van der Waals surface area contributed by atoms with E-state index >= 15 is 0 Å². The van der Waals surface area contributed by atoms with Crippen LogP contribution in [0.4, 0.5) is 24.5 Å². The molecule has 0 saturated heterocycles. The number of halogens is 3. The van der Waals surface area contributed by atoms with Crippen molar-refractivity contribution in [1.82, 2.24) is 0 Å². The fourth-order valence-electron chi connectivity index (χ4n) is 1.55. The lowest BCUT2D eigenvalue weighted by atomic mass is 10.1. The second-order valence-corrected chi connectivity index (χ2v) is 4.04. The van der Waals surface area contributed by atoms with Crippen molar-refractivity contribution in [3.8, 4) is 0 Å². The van der Waals surface area contributed by atoms with Crippen molar-refractivity contribution in [2.45, 2.75) is 25.9 Å². The predicted molar refractivity (Wildman–Crippen MR) is 64.0 cm³/mol. The summed E-state index contributed by atoms with van der Waals surface area (Å²) in [6.45, 7) is 2.77. The standard InChI is InChI=1S/C12H17F3N2/c1-3-4-7-17(2)9-5-6-11(16)10(8-9)12(13,14)15/h5-6,8H,3-4,7,16H2,1-2H3. The Morgan fingerprint density at radius 3 is 2.47 bits per heavy atom. The minimum Gasteiger partial charge on any atom is -0.398 e. The number of hydrogen-bond donors (Lipinski definition) is 1. The number of rotatable bonds is 4. The summed E-state index contributed by atoms with van der Waals surface area (Å²) in [7, 11) is 1.78. The Morgan fingerprint density at radius 1 is 1.29 bits per heavy atom. The molecule has 0 unspecified atom stereocenters. The van der Waals surface area contributed by atoms with Crippen LogP contribution in [0, 0.1) is 0 Å². The van der Waals surface area contributed by atoms with E-state index in [9.17, 15) is 13.2 Å². The molecule has 17 heavy (non-hydrogen) atoms. The Labute approximate surface area is 99.2 Å². The van der Waals surface area contributed by atoms with Gasteiger partial charge in [-0.2, -0.15) is 13.2 Å². The molecule has 0 heterocycles. The van der Waals surface area contributed by atoms with E-state index in [4.69, 9.17) is 5.73 Å². The first-order chi connectivity index (χ1) is 7.86. The molecule has 5 heteroatoms. The lowest BCUT2D eigenvalue weighted by Crippen LogP contribution is -2.19. The zero-order valence-corrected chi connectivity index (χ0v) is 10.0. The predicted octanol–water partition coefficient (Wildman–Crippen LogP) is 3.52. The molecular formula is C12H17F3N2. The first-order valence-electron chi connectivity index (χ1n) is 5.54. The van der Waals surface area contributed by atoms with E-state index in [-0.39, 0.29) is 5.69 Å². The number of benzene rings is 1. The fraction of sp³-hybridized carbons (Fsp3) is 0.500. The van der Waals surface area contributed by atoms with Gasteiger partial charge in [0.05, 0.1) is 5.56 Å². The van der Waals surface area contributed by atoms with Crippen LogP contribution in [0.25, 0.3) is 0 Å². The highest BCUT2D eigenvalue weighted by molar-refractivity contribution is 5.59. The fourth-order valence-corrected chi connectivity index (χ4v) is 1.55. The van der Waals surface area contributed by atoms with Crippen LogP contribution in [-0.2, 0) is 6.18 Å². The molecule has 0 aromatic heterocycles. The Morgan fingerprint density at radius 2 is 1.94 bits per heavy atom. The molecule has 0 spiro atoms. The maximum Gasteiger partial charge on any atom is 0.418 e. The van der Waals surface area contributed by atoms with Crippen molar-refractivity contribution < 1.29 is 13.2 Å². The number of hydrogen-bond acceptors (Lipinski definition) is 2. The second kappa shape index (κ2) is 5.29. The van der Waals surface area contributed by atoms with Gasteiger partial charge in [0.2, 0.25) is 0 Å². The summed E-state index contributed by atoms with van der Waals surface area (Å²) in [6, 6.07) is 4.02. The van der Waals surface area contributed by atoms with Gasteiger partial charge >= 0.3 is 6.18 Å². The van der Waals surface area contributed by atoms with Gasteiger partial charge in [-0.25, -0.2) is 0 Å². The van der Waals surface area contributed by atoms with Crippen LogP contribution in [0.5, 0.6) is 0 Å². The summed E-state index contributed by atoms with van der Waals surface area (Å²) in [5, 5.41) is 0. The van der Waals surface area contributed by atoms with Crippen molar-refractivity contribution in [2.75, 3.05) is 24.2 Å². The van der Waals surface area contributed by atoms with Crippen molar-refractivity contribution in [3.63, 3.8) is 0 Å². The Hall–Kier alpha value is -1.39. The molecule has 0 atom stereocenters. The van der Waals surface area contributed by atoms with Gasteiger partial charge < -0.3 is 10.6 Å². The van der Waals surface area contributed by atoms with E-state index in [2.05, 4.69) is 0 Å². The van der Waals surface area contributed by atoms with E-state index in [1.807, 2.05) is 6.92 Å². The molecule has 2 nitrogen and oxygen atoms in total. The minimum atomic E-state index is -4.40. The number of alkyl halides is 3. The molecule has 0 radical (unpaired) electrons. The highest BCUT2D eigenvalue weighted by Gasteiger charge is 2.33. The van der Waals surface area contributed by atoms with E-state index in [1.54, 1.807) is 18.0 Å². The molecule has 0 aliphatic carbocycles. The zero-order valence-electron chi connectivity index (χ0n) is 10.0. The molecule has 1 rings (SSSR count). The van der Waals surface area contributed by atoms with Gasteiger partial charge in [-0.05, 0) is 24.6 Å². The van der Waals surface area contributed by atoms with Gasteiger partial charge in [-0.3, -0.25) is 0 Å². The third-order valence-corrected chi connectivity index (χ3v) is 2.63. The van der Waals surface area contributed by atoms with Crippen molar-refractivity contribution in [3.05, 3.63) is 23.8 Å². The van der Waals surface area contributed by atoms with E-state index in [0.29, 0.717) is 5.69 Å². The molecule has 0 aliphatic heterocycles. The van der Waals surface area contributed by atoms with Crippen LogP contribution in [0.3, 0.4) is 0 Å². The third-order valence-electron chi connectivity index (χ3n) is 2.63. The third kappa shape index (κ3) is 3.54. The van der Waals surface area contributed by atoms with Crippen LogP contribution in [0.15, 0.2) is 18.2 Å². The average molecular weight is 246 g/mol. The monoisotopic (exact) mass is 246 g/mol. The Bertz CT molecular complexity index is 375. The molecule has 0 amide bonds. The van der Waals surface area contributed by atoms with E-state index in [1.165, 1.54) is 6.07 Å². The molecule has 96 valence electrons. The highest BCUT2D eigenvalue weighted by atomic mass is 19.4. The quantitative estimate of drug-likeness (QED) is 0.823. The Balaban J connectivity index is 2.96. The lowest BCUT2D eigenvalue weighted by molar-refractivity contribution is -0.136. The van der Waals surface area contributed by atoms with Gasteiger partial charge in [0.1, 0.15) is 0 Å². The Kier molecular flexibility index (Phi) is 4.26. The van der Waals surface area contributed by atoms with Gasteiger partial charge in [-0.1, -0.05) is 13.3 Å². The van der Waals surface area contributed by atoms with Crippen LogP contribution in [-0.4, -0.2) is 13.6 Å².